The molecule has 3 aromatic rings. The number of aromatic nitrogens is 3. The summed E-state index contributed by atoms with van der Waals surface area (Å²) in [5.74, 6) is -0.265. The molecule has 2 aromatic heterocycles. The number of benzene rings is 1. The van der Waals surface area contributed by atoms with Crippen molar-refractivity contribution in [2.24, 2.45) is 0 Å². The molecule has 30 heavy (non-hydrogen) atoms. The zero-order valence-electron chi connectivity index (χ0n) is 17.1. The zero-order valence-corrected chi connectivity index (χ0v) is 17.1. The Kier molecular flexibility index (Phi) is 5.53. The van der Waals surface area contributed by atoms with Crippen LogP contribution < -0.4 is 16.6 Å². The number of fused-ring (bicyclic) bond motifs is 1. The number of nitrogens with one attached hydrogen (secondary N) is 2. The van der Waals surface area contributed by atoms with Gasteiger partial charge in [0.2, 0.25) is 0 Å². The lowest BCUT2D eigenvalue weighted by molar-refractivity contribution is 0.0943. The van der Waals surface area contributed by atoms with Crippen molar-refractivity contribution in [3.05, 3.63) is 74.6 Å². The number of hydrogen-bond donors (Lipinski definition) is 2. The van der Waals surface area contributed by atoms with Gasteiger partial charge in [-0.3, -0.25) is 19.1 Å². The third-order valence-electron chi connectivity index (χ3n) is 6.08. The molecule has 0 atom stereocenters. The smallest absolute Gasteiger partial charge is 0.329 e. The van der Waals surface area contributed by atoms with Crippen LogP contribution >= 0.6 is 0 Å². The number of amides is 1. The lowest BCUT2D eigenvalue weighted by Gasteiger charge is -2.30. The molecule has 0 radical (unpaired) electrons. The standard InChI is InChI=1S/C23H26N4O3/c1-2-12-27-19-18(21(29)26-22(27)30)13-16(14-24-19)20(28)25-15-23(10-6-7-11-23)17-8-4-3-5-9-17/h3-5,8-9,13-14H,2,6-7,10-12,15H2,1H3,(H,25,28)(H,26,29,30). The predicted molar refractivity (Wildman–Crippen MR) is 116 cm³/mol. The summed E-state index contributed by atoms with van der Waals surface area (Å²) in [7, 11) is 0. The van der Waals surface area contributed by atoms with Crippen LogP contribution in [0.4, 0.5) is 0 Å². The molecule has 0 spiro atoms. The fourth-order valence-electron chi connectivity index (χ4n) is 4.49. The molecule has 1 aromatic carbocycles. The highest BCUT2D eigenvalue weighted by Crippen LogP contribution is 2.40. The quantitative estimate of drug-likeness (QED) is 0.658. The van der Waals surface area contributed by atoms with Crippen LogP contribution in [0.15, 0.2) is 52.2 Å². The molecule has 0 aliphatic heterocycles. The van der Waals surface area contributed by atoms with Gasteiger partial charge in [-0.2, -0.15) is 0 Å². The Hall–Kier alpha value is -3.22. The molecule has 2 N–H and O–H groups in total. The van der Waals surface area contributed by atoms with E-state index in [4.69, 9.17) is 0 Å². The molecule has 1 aliphatic rings. The fraction of sp³-hybridized carbons (Fsp3) is 0.391. The maximum absolute atomic E-state index is 12.9. The van der Waals surface area contributed by atoms with E-state index in [0.717, 1.165) is 32.1 Å². The first-order valence-electron chi connectivity index (χ1n) is 10.5. The summed E-state index contributed by atoms with van der Waals surface area (Å²) >= 11 is 0. The first kappa shape index (κ1) is 20.1. The summed E-state index contributed by atoms with van der Waals surface area (Å²) in [4.78, 5) is 43.8. The number of aromatic amines is 1. The first-order valence-corrected chi connectivity index (χ1v) is 10.5. The Morgan fingerprint density at radius 1 is 1.20 bits per heavy atom. The monoisotopic (exact) mass is 406 g/mol. The molecule has 7 heteroatoms. The Balaban J connectivity index is 1.61. The van der Waals surface area contributed by atoms with Gasteiger partial charge < -0.3 is 5.32 Å². The number of aryl methyl sites for hydroxylation is 1. The summed E-state index contributed by atoms with van der Waals surface area (Å²) in [6.45, 7) is 2.93. The van der Waals surface area contributed by atoms with Crippen LogP contribution in [0.2, 0.25) is 0 Å². The van der Waals surface area contributed by atoms with E-state index in [0.29, 0.717) is 24.3 Å². The van der Waals surface area contributed by atoms with Crippen LogP contribution in [0.1, 0.15) is 54.9 Å². The molecular formula is C23H26N4O3. The third kappa shape index (κ3) is 3.67. The van der Waals surface area contributed by atoms with Crippen molar-refractivity contribution < 1.29 is 4.79 Å². The summed E-state index contributed by atoms with van der Waals surface area (Å²) in [6.07, 6.45) is 6.53. The molecule has 1 fully saturated rings. The lowest BCUT2D eigenvalue weighted by Crippen LogP contribution is -2.39. The molecule has 2 heterocycles. The van der Waals surface area contributed by atoms with Gasteiger partial charge in [-0.1, -0.05) is 50.1 Å². The van der Waals surface area contributed by atoms with Crippen molar-refractivity contribution >= 4 is 16.9 Å². The molecule has 156 valence electrons. The van der Waals surface area contributed by atoms with E-state index >= 15 is 0 Å². The molecule has 0 unspecified atom stereocenters. The summed E-state index contributed by atoms with van der Waals surface area (Å²) in [6, 6.07) is 11.8. The Bertz CT molecular complexity index is 1170. The average molecular weight is 406 g/mol. The van der Waals surface area contributed by atoms with Crippen LogP contribution in [-0.4, -0.2) is 27.0 Å². The molecule has 1 saturated carbocycles. The van der Waals surface area contributed by atoms with Gasteiger partial charge in [-0.05, 0) is 30.9 Å². The van der Waals surface area contributed by atoms with E-state index < -0.39 is 11.2 Å². The van der Waals surface area contributed by atoms with Crippen molar-refractivity contribution in [2.45, 2.75) is 51.0 Å². The Labute approximate surface area is 174 Å². The number of hydrogen-bond acceptors (Lipinski definition) is 4. The summed E-state index contributed by atoms with van der Waals surface area (Å²) < 4.78 is 1.43. The molecule has 1 amide bonds. The second kappa shape index (κ2) is 8.26. The van der Waals surface area contributed by atoms with Gasteiger partial charge in [-0.15, -0.1) is 0 Å². The van der Waals surface area contributed by atoms with Gasteiger partial charge in [0, 0.05) is 24.7 Å². The normalized spacial score (nSPS) is 15.4. The second-order valence-electron chi connectivity index (χ2n) is 8.04. The highest BCUT2D eigenvalue weighted by Gasteiger charge is 2.35. The van der Waals surface area contributed by atoms with E-state index in [2.05, 4.69) is 27.4 Å². The molecule has 7 nitrogen and oxygen atoms in total. The fourth-order valence-corrected chi connectivity index (χ4v) is 4.49. The topological polar surface area (TPSA) is 96.9 Å². The highest BCUT2D eigenvalue weighted by atomic mass is 16.2. The van der Waals surface area contributed by atoms with E-state index in [-0.39, 0.29) is 16.7 Å². The van der Waals surface area contributed by atoms with Crippen molar-refractivity contribution in [3.63, 3.8) is 0 Å². The van der Waals surface area contributed by atoms with Crippen LogP contribution in [-0.2, 0) is 12.0 Å². The van der Waals surface area contributed by atoms with Gasteiger partial charge >= 0.3 is 5.69 Å². The van der Waals surface area contributed by atoms with Crippen molar-refractivity contribution in [3.8, 4) is 0 Å². The van der Waals surface area contributed by atoms with Crippen molar-refractivity contribution in [1.29, 1.82) is 0 Å². The average Bonchev–Trinajstić information content (AvgIpc) is 3.25. The predicted octanol–water partition coefficient (Wildman–Crippen LogP) is 2.74. The van der Waals surface area contributed by atoms with Gasteiger partial charge in [0.15, 0.2) is 0 Å². The minimum atomic E-state index is -0.527. The van der Waals surface area contributed by atoms with E-state index in [1.807, 2.05) is 25.1 Å². The van der Waals surface area contributed by atoms with Gasteiger partial charge in [0.1, 0.15) is 5.65 Å². The second-order valence-corrected chi connectivity index (χ2v) is 8.04. The van der Waals surface area contributed by atoms with Crippen LogP contribution in [0.25, 0.3) is 11.0 Å². The maximum Gasteiger partial charge on any atom is 0.329 e. The number of carbonyl (C=O) groups excluding carboxylic acids is 1. The van der Waals surface area contributed by atoms with Gasteiger partial charge in [0.05, 0.1) is 10.9 Å². The van der Waals surface area contributed by atoms with Crippen LogP contribution in [0.5, 0.6) is 0 Å². The minimum absolute atomic E-state index is 0.0553. The van der Waals surface area contributed by atoms with Crippen LogP contribution in [0.3, 0.4) is 0 Å². The molecule has 0 bridgehead atoms. The van der Waals surface area contributed by atoms with Gasteiger partial charge in [-0.25, -0.2) is 9.78 Å². The van der Waals surface area contributed by atoms with Crippen molar-refractivity contribution in [1.82, 2.24) is 19.9 Å². The lowest BCUT2D eigenvalue weighted by atomic mass is 9.79. The van der Waals surface area contributed by atoms with Crippen molar-refractivity contribution in [2.75, 3.05) is 6.54 Å². The van der Waals surface area contributed by atoms with Crippen LogP contribution in [0, 0.1) is 0 Å². The Morgan fingerprint density at radius 2 is 1.93 bits per heavy atom. The summed E-state index contributed by atoms with van der Waals surface area (Å²) in [5.41, 5.74) is 0.806. The molecule has 0 saturated heterocycles. The SMILES string of the molecule is CCCn1c(=O)[nH]c(=O)c2cc(C(=O)NCC3(c4ccccc4)CCCC3)cnc21. The molecule has 1 aliphatic carbocycles. The van der Waals surface area contributed by atoms with Gasteiger partial charge in [0.25, 0.3) is 11.5 Å². The van der Waals surface area contributed by atoms with E-state index in [9.17, 15) is 14.4 Å². The minimum Gasteiger partial charge on any atom is -0.351 e. The number of pyridine rings is 1. The van der Waals surface area contributed by atoms with E-state index in [1.54, 1.807) is 0 Å². The van der Waals surface area contributed by atoms with E-state index in [1.165, 1.54) is 22.4 Å². The first-order chi connectivity index (χ1) is 14.5. The number of carbonyl (C=O) groups is 1. The third-order valence-corrected chi connectivity index (χ3v) is 6.08. The highest BCUT2D eigenvalue weighted by molar-refractivity contribution is 5.96. The number of nitrogens with zero attached hydrogens (tertiary/aromatic N) is 2. The zero-order chi connectivity index (χ0) is 21.1. The number of rotatable bonds is 6. The summed E-state index contributed by atoms with van der Waals surface area (Å²) in [5, 5.41) is 3.30. The molecular weight excluding hydrogens is 380 g/mol. The molecule has 4 rings (SSSR count). The Morgan fingerprint density at radius 3 is 2.63 bits per heavy atom. The maximum atomic E-state index is 12.9. The number of H-pyrrole nitrogens is 1. The largest absolute Gasteiger partial charge is 0.351 e.